The molecule has 0 heterocycles. The van der Waals surface area contributed by atoms with Gasteiger partial charge in [0, 0.05) is 5.56 Å². The smallest absolute Gasteiger partial charge is 0.339 e. The van der Waals surface area contributed by atoms with Crippen LogP contribution in [0.1, 0.15) is 34.6 Å². The Kier molecular flexibility index (Phi) is 3.57. The van der Waals surface area contributed by atoms with Crippen molar-refractivity contribution in [3.05, 3.63) is 29.3 Å². The van der Waals surface area contributed by atoms with E-state index in [0.717, 1.165) is 0 Å². The van der Waals surface area contributed by atoms with Crippen molar-refractivity contribution in [1.82, 2.24) is 0 Å². The second kappa shape index (κ2) is 4.40. The molecule has 0 spiro atoms. The van der Waals surface area contributed by atoms with Crippen LogP contribution in [-0.4, -0.2) is 25.4 Å². The largest absolute Gasteiger partial charge is 0.507 e. The summed E-state index contributed by atoms with van der Waals surface area (Å²) in [5.41, 5.74) is 0.0288. The molecular formula is C11H11IO4. The molecule has 0 unspecified atom stereocenters. The van der Waals surface area contributed by atoms with E-state index in [1.54, 1.807) is 13.8 Å². The highest BCUT2D eigenvalue weighted by molar-refractivity contribution is 14.1. The summed E-state index contributed by atoms with van der Waals surface area (Å²) in [6, 6.07) is 3.84. The van der Waals surface area contributed by atoms with Crippen LogP contribution in [0.4, 0.5) is 0 Å². The number of Topliss-reactive ketones (excluding diaryl/α,β-unsaturated/α-hetero) is 1. The SMILES string of the molecule is CC(C)(I)C(=O)c1ccc(O)c(C(=O)O)c1. The van der Waals surface area contributed by atoms with Crippen molar-refractivity contribution in [1.29, 1.82) is 0 Å². The van der Waals surface area contributed by atoms with Crippen molar-refractivity contribution in [3.63, 3.8) is 0 Å². The summed E-state index contributed by atoms with van der Waals surface area (Å²) in [4.78, 5) is 22.6. The number of halogens is 1. The van der Waals surface area contributed by atoms with Gasteiger partial charge >= 0.3 is 5.97 Å². The van der Waals surface area contributed by atoms with Crippen LogP contribution in [-0.2, 0) is 0 Å². The lowest BCUT2D eigenvalue weighted by molar-refractivity contribution is 0.0693. The van der Waals surface area contributed by atoms with Crippen molar-refractivity contribution in [2.24, 2.45) is 0 Å². The molecule has 0 aliphatic rings. The molecule has 0 bridgehead atoms. The zero-order chi connectivity index (χ0) is 12.5. The molecule has 0 amide bonds. The average Bonchev–Trinajstić information content (AvgIpc) is 2.15. The molecule has 0 radical (unpaired) electrons. The minimum atomic E-state index is -1.25. The van der Waals surface area contributed by atoms with E-state index in [-0.39, 0.29) is 22.7 Å². The Bertz CT molecular complexity index is 446. The van der Waals surface area contributed by atoms with Gasteiger partial charge in [0.05, 0.1) is 3.42 Å². The maximum Gasteiger partial charge on any atom is 0.339 e. The number of carbonyl (C=O) groups excluding carboxylic acids is 1. The van der Waals surface area contributed by atoms with E-state index < -0.39 is 9.39 Å². The molecule has 0 saturated heterocycles. The van der Waals surface area contributed by atoms with Crippen LogP contribution < -0.4 is 0 Å². The first-order valence-electron chi connectivity index (χ1n) is 4.53. The lowest BCUT2D eigenvalue weighted by atomic mass is 9.99. The Morgan fingerprint density at radius 2 is 1.88 bits per heavy atom. The first-order chi connectivity index (χ1) is 7.23. The lowest BCUT2D eigenvalue weighted by Crippen LogP contribution is -2.24. The molecule has 1 rings (SSSR count). The van der Waals surface area contributed by atoms with Gasteiger partial charge in [0.25, 0.3) is 0 Å². The minimum absolute atomic E-state index is 0.171. The number of carboxylic acids is 1. The fourth-order valence-electron chi connectivity index (χ4n) is 1.19. The van der Waals surface area contributed by atoms with Crippen molar-refractivity contribution in [2.45, 2.75) is 17.3 Å². The topological polar surface area (TPSA) is 74.6 Å². The fraction of sp³-hybridized carbons (Fsp3) is 0.273. The number of aromatic carboxylic acids is 1. The minimum Gasteiger partial charge on any atom is -0.507 e. The van der Waals surface area contributed by atoms with Gasteiger partial charge in [0.2, 0.25) is 0 Å². The Morgan fingerprint density at radius 1 is 1.31 bits per heavy atom. The summed E-state index contributed by atoms with van der Waals surface area (Å²) in [7, 11) is 0. The quantitative estimate of drug-likeness (QED) is 0.506. The van der Waals surface area contributed by atoms with E-state index in [2.05, 4.69) is 0 Å². The van der Waals surface area contributed by atoms with Crippen LogP contribution in [0.3, 0.4) is 0 Å². The van der Waals surface area contributed by atoms with Gasteiger partial charge in [0.1, 0.15) is 11.3 Å². The average molecular weight is 334 g/mol. The molecule has 2 N–H and O–H groups in total. The van der Waals surface area contributed by atoms with E-state index >= 15 is 0 Å². The third kappa shape index (κ3) is 2.72. The van der Waals surface area contributed by atoms with Gasteiger partial charge in [-0.25, -0.2) is 4.79 Å². The highest BCUT2D eigenvalue weighted by atomic mass is 127. The number of benzene rings is 1. The number of hydrogen-bond acceptors (Lipinski definition) is 3. The summed E-state index contributed by atoms with van der Waals surface area (Å²) >= 11 is 1.98. The van der Waals surface area contributed by atoms with Crippen LogP contribution in [0.2, 0.25) is 0 Å². The van der Waals surface area contributed by atoms with Gasteiger partial charge < -0.3 is 10.2 Å². The molecule has 0 aliphatic carbocycles. The number of aromatic hydroxyl groups is 1. The van der Waals surface area contributed by atoms with Crippen molar-refractivity contribution < 1.29 is 19.8 Å². The first-order valence-corrected chi connectivity index (χ1v) is 5.61. The summed E-state index contributed by atoms with van der Waals surface area (Å²) < 4.78 is -0.607. The Morgan fingerprint density at radius 3 is 2.31 bits per heavy atom. The van der Waals surface area contributed by atoms with Gasteiger partial charge in [-0.05, 0) is 32.0 Å². The van der Waals surface area contributed by atoms with Crippen molar-refractivity contribution >= 4 is 34.3 Å². The molecular weight excluding hydrogens is 323 g/mol. The van der Waals surface area contributed by atoms with Crippen LogP contribution in [0.25, 0.3) is 0 Å². The maximum atomic E-state index is 11.9. The van der Waals surface area contributed by atoms with Crippen molar-refractivity contribution in [2.75, 3.05) is 0 Å². The predicted molar refractivity (Wildman–Crippen MR) is 67.5 cm³/mol. The van der Waals surface area contributed by atoms with E-state index in [1.807, 2.05) is 22.6 Å². The van der Waals surface area contributed by atoms with Gasteiger partial charge in [-0.1, -0.05) is 22.6 Å². The molecule has 86 valence electrons. The van der Waals surface area contributed by atoms with Crippen LogP contribution in [0.15, 0.2) is 18.2 Å². The zero-order valence-electron chi connectivity index (χ0n) is 8.82. The molecule has 1 aromatic carbocycles. The summed E-state index contributed by atoms with van der Waals surface area (Å²) in [6.07, 6.45) is 0. The second-order valence-corrected chi connectivity index (χ2v) is 6.54. The van der Waals surface area contributed by atoms with Crippen LogP contribution >= 0.6 is 22.6 Å². The maximum absolute atomic E-state index is 11.9. The Labute approximate surface area is 106 Å². The standard InChI is InChI=1S/C11H11IO4/c1-11(2,12)9(14)6-3-4-8(13)7(5-6)10(15)16/h3-5,13H,1-2H3,(H,15,16). The van der Waals surface area contributed by atoms with Gasteiger partial charge in [0.15, 0.2) is 5.78 Å². The zero-order valence-corrected chi connectivity index (χ0v) is 11.0. The van der Waals surface area contributed by atoms with Gasteiger partial charge in [-0.15, -0.1) is 0 Å². The first kappa shape index (κ1) is 13.0. The van der Waals surface area contributed by atoms with Gasteiger partial charge in [-0.3, -0.25) is 4.79 Å². The summed E-state index contributed by atoms with van der Waals surface area (Å²) in [6.45, 7) is 3.48. The van der Waals surface area contributed by atoms with E-state index in [9.17, 15) is 14.7 Å². The number of carboxylic acid groups (broad SMARTS) is 1. The number of rotatable bonds is 3. The molecule has 0 fully saturated rings. The molecule has 0 saturated carbocycles. The molecule has 0 aromatic heterocycles. The summed E-state index contributed by atoms with van der Waals surface area (Å²) in [5, 5.41) is 18.1. The molecule has 16 heavy (non-hydrogen) atoms. The van der Waals surface area contributed by atoms with E-state index in [4.69, 9.17) is 5.11 Å². The number of carbonyl (C=O) groups is 2. The third-order valence-electron chi connectivity index (χ3n) is 2.03. The monoisotopic (exact) mass is 334 g/mol. The van der Waals surface area contributed by atoms with Gasteiger partial charge in [-0.2, -0.15) is 0 Å². The lowest BCUT2D eigenvalue weighted by Gasteiger charge is -2.15. The fourth-order valence-corrected chi connectivity index (χ4v) is 1.50. The number of alkyl halides is 1. The number of hydrogen-bond donors (Lipinski definition) is 2. The molecule has 0 atom stereocenters. The number of ketones is 1. The Balaban J connectivity index is 3.24. The third-order valence-corrected chi connectivity index (χ3v) is 2.52. The molecule has 4 nitrogen and oxygen atoms in total. The van der Waals surface area contributed by atoms with Crippen LogP contribution in [0.5, 0.6) is 5.75 Å². The van der Waals surface area contributed by atoms with E-state index in [1.165, 1.54) is 18.2 Å². The number of phenols is 1. The van der Waals surface area contributed by atoms with E-state index in [0.29, 0.717) is 0 Å². The van der Waals surface area contributed by atoms with Crippen LogP contribution in [0, 0.1) is 0 Å². The second-order valence-electron chi connectivity index (χ2n) is 3.84. The summed E-state index contributed by atoms with van der Waals surface area (Å²) in [5.74, 6) is -1.76. The normalized spacial score (nSPS) is 11.2. The highest BCUT2D eigenvalue weighted by Crippen LogP contribution is 2.26. The van der Waals surface area contributed by atoms with Crippen molar-refractivity contribution in [3.8, 4) is 5.75 Å². The highest BCUT2D eigenvalue weighted by Gasteiger charge is 2.26. The molecule has 0 aliphatic heterocycles. The Hall–Kier alpha value is -1.11. The molecule has 5 heteroatoms. The predicted octanol–water partition coefficient (Wildman–Crippen LogP) is 2.49. The molecule has 1 aromatic rings.